The molecular weight excluding hydrogens is 837 g/mol. The molecule has 0 aliphatic rings. The van der Waals surface area contributed by atoms with Crippen molar-refractivity contribution < 1.29 is 38.1 Å². The van der Waals surface area contributed by atoms with Crippen molar-refractivity contribution in [1.29, 1.82) is 0 Å². The Morgan fingerprint density at radius 2 is 0.463 bits per heavy atom. The van der Waals surface area contributed by atoms with Gasteiger partial charge in [-0.25, -0.2) is 0 Å². The number of rotatable bonds is 54. The van der Waals surface area contributed by atoms with Gasteiger partial charge in [0.15, 0.2) is 0 Å². The van der Waals surface area contributed by atoms with Gasteiger partial charge in [0.2, 0.25) is 0 Å². The smallest absolute Gasteiger partial charge is 0.306 e. The van der Waals surface area contributed by atoms with Crippen molar-refractivity contribution in [2.75, 3.05) is 13.2 Å². The summed E-state index contributed by atoms with van der Waals surface area (Å²) in [4.78, 5) is 49.8. The minimum absolute atomic E-state index is 0.00478. The lowest BCUT2D eigenvalue weighted by Gasteiger charge is -2.18. The monoisotopic (exact) mass is 949 g/mol. The third-order valence-corrected chi connectivity index (χ3v) is 13.5. The maximum atomic E-state index is 12.7. The number of carbonyl (C=O) groups excluding carboxylic acids is 4. The molecule has 0 saturated carbocycles. The van der Waals surface area contributed by atoms with Gasteiger partial charge in [-0.05, 0) is 77.0 Å². The highest BCUT2D eigenvalue weighted by Gasteiger charge is 2.16. The molecule has 0 spiro atoms. The molecule has 0 N–H and O–H groups in total. The largest absolute Gasteiger partial charge is 0.466 e. The van der Waals surface area contributed by atoms with Gasteiger partial charge in [0.1, 0.15) is 12.2 Å². The Morgan fingerprint density at radius 3 is 0.716 bits per heavy atom. The summed E-state index contributed by atoms with van der Waals surface area (Å²) >= 11 is 0. The first kappa shape index (κ1) is 64.9. The molecule has 0 bridgehead atoms. The molecule has 0 aliphatic carbocycles. The van der Waals surface area contributed by atoms with E-state index in [-0.39, 0.29) is 49.3 Å². The highest BCUT2D eigenvalue weighted by atomic mass is 16.6. The van der Waals surface area contributed by atoms with Gasteiger partial charge in [0.25, 0.3) is 0 Å². The minimum Gasteiger partial charge on any atom is -0.466 e. The predicted molar refractivity (Wildman–Crippen MR) is 281 cm³/mol. The van der Waals surface area contributed by atoms with Crippen LogP contribution < -0.4 is 0 Å². The second kappa shape index (κ2) is 53.2. The topological polar surface area (TPSA) is 105 Å². The summed E-state index contributed by atoms with van der Waals surface area (Å²) in [6.45, 7) is 9.54. The minimum atomic E-state index is -0.179. The molecule has 0 aromatic heterocycles. The van der Waals surface area contributed by atoms with E-state index in [0.717, 1.165) is 135 Å². The normalized spacial score (nSPS) is 12.2. The molecule has 0 aliphatic heterocycles. The Balaban J connectivity index is 4.08. The van der Waals surface area contributed by atoms with Gasteiger partial charge < -0.3 is 18.9 Å². The molecule has 0 saturated heterocycles. The lowest BCUT2D eigenvalue weighted by molar-refractivity contribution is -0.151. The van der Waals surface area contributed by atoms with Crippen LogP contribution in [-0.4, -0.2) is 49.3 Å². The van der Waals surface area contributed by atoms with Crippen LogP contribution in [0, 0.1) is 0 Å². The van der Waals surface area contributed by atoms with Crippen LogP contribution in [0.25, 0.3) is 0 Å². The van der Waals surface area contributed by atoms with Gasteiger partial charge >= 0.3 is 23.9 Å². The maximum absolute atomic E-state index is 12.7. The average Bonchev–Trinajstić information content (AvgIpc) is 3.31. The molecule has 8 nitrogen and oxygen atoms in total. The Labute approximate surface area is 415 Å². The Kier molecular flexibility index (Phi) is 51.6. The molecule has 0 rings (SSSR count). The molecular formula is C59H112O8. The van der Waals surface area contributed by atoms with E-state index in [0.29, 0.717) is 32.1 Å². The summed E-state index contributed by atoms with van der Waals surface area (Å²) in [6.07, 6.45) is 51.0. The molecule has 0 aromatic rings. The summed E-state index contributed by atoms with van der Waals surface area (Å²) in [5.74, 6) is -0.370. The van der Waals surface area contributed by atoms with E-state index in [4.69, 9.17) is 18.9 Å². The van der Waals surface area contributed by atoms with Crippen LogP contribution in [0.1, 0.15) is 329 Å². The second-order valence-electron chi connectivity index (χ2n) is 20.2. The number of unbranched alkanes of at least 4 members (excludes halogenated alkanes) is 32. The van der Waals surface area contributed by atoms with Crippen LogP contribution in [0.5, 0.6) is 0 Å². The fraction of sp³-hybridized carbons (Fsp3) is 0.932. The van der Waals surface area contributed by atoms with Gasteiger partial charge in [-0.1, -0.05) is 220 Å². The first-order valence-corrected chi connectivity index (χ1v) is 29.6. The zero-order valence-electron chi connectivity index (χ0n) is 45.1. The summed E-state index contributed by atoms with van der Waals surface area (Å²) in [6, 6.07) is 0. The van der Waals surface area contributed by atoms with Crippen molar-refractivity contribution in [3.05, 3.63) is 0 Å². The second-order valence-corrected chi connectivity index (χ2v) is 20.2. The lowest BCUT2D eigenvalue weighted by Crippen LogP contribution is -2.18. The standard InChI is InChI=1S/C59H112O8/c1-5-9-13-17-21-28-36-45-55(67-59(63)51-42-33-23-19-15-11-7-3)47-38-30-26-34-40-49-57(61)65-53-43-52-64-56(60)48-39-31-25-24-29-37-46-54(44-35-27-20-16-12-8-4)66-58(62)50-41-32-22-18-14-10-6-2/h54-55H,5-53H2,1-4H3. The Bertz CT molecular complexity index is 1080. The highest BCUT2D eigenvalue weighted by Crippen LogP contribution is 2.21. The average molecular weight is 950 g/mol. The SMILES string of the molecule is CCCCCCCCCC(=O)OC(CCCCCCCC)CCCCCCCCC(=O)OCCCOC(=O)CCCCCCCC(CCCCCCCCC)OC(=O)CCCCCCCCC. The number of hydrogen-bond donors (Lipinski definition) is 0. The van der Waals surface area contributed by atoms with Crippen molar-refractivity contribution in [2.24, 2.45) is 0 Å². The van der Waals surface area contributed by atoms with Crippen molar-refractivity contribution in [1.82, 2.24) is 0 Å². The quantitative estimate of drug-likeness (QED) is 0.0337. The van der Waals surface area contributed by atoms with Gasteiger partial charge in [-0.2, -0.15) is 0 Å². The Morgan fingerprint density at radius 1 is 0.254 bits per heavy atom. The van der Waals surface area contributed by atoms with Gasteiger partial charge in [0, 0.05) is 32.1 Å². The molecule has 0 aromatic carbocycles. The molecule has 67 heavy (non-hydrogen) atoms. The first-order valence-electron chi connectivity index (χ1n) is 29.6. The zero-order valence-corrected chi connectivity index (χ0v) is 45.1. The molecule has 2 unspecified atom stereocenters. The molecule has 0 fully saturated rings. The van der Waals surface area contributed by atoms with E-state index in [2.05, 4.69) is 27.7 Å². The summed E-state index contributed by atoms with van der Waals surface area (Å²) < 4.78 is 22.8. The molecule has 396 valence electrons. The van der Waals surface area contributed by atoms with E-state index < -0.39 is 0 Å². The van der Waals surface area contributed by atoms with Crippen LogP contribution in [-0.2, 0) is 38.1 Å². The summed E-state index contributed by atoms with van der Waals surface area (Å²) in [5, 5.41) is 0. The highest BCUT2D eigenvalue weighted by molar-refractivity contribution is 5.70. The van der Waals surface area contributed by atoms with E-state index in [1.807, 2.05) is 0 Å². The Hall–Kier alpha value is -2.12. The number of hydrogen-bond acceptors (Lipinski definition) is 8. The van der Waals surface area contributed by atoms with Crippen molar-refractivity contribution >= 4 is 23.9 Å². The van der Waals surface area contributed by atoms with Crippen LogP contribution in [0.2, 0.25) is 0 Å². The zero-order chi connectivity index (χ0) is 48.9. The number of esters is 4. The predicted octanol–water partition coefficient (Wildman–Crippen LogP) is 18.3. The van der Waals surface area contributed by atoms with E-state index in [1.165, 1.54) is 135 Å². The van der Waals surface area contributed by atoms with Crippen molar-refractivity contribution in [3.63, 3.8) is 0 Å². The van der Waals surface area contributed by atoms with Crippen molar-refractivity contribution in [3.8, 4) is 0 Å². The molecule has 0 amide bonds. The summed E-state index contributed by atoms with van der Waals surface area (Å²) in [7, 11) is 0. The fourth-order valence-corrected chi connectivity index (χ4v) is 9.04. The third-order valence-electron chi connectivity index (χ3n) is 13.5. The third kappa shape index (κ3) is 50.1. The van der Waals surface area contributed by atoms with Crippen LogP contribution in [0.3, 0.4) is 0 Å². The maximum Gasteiger partial charge on any atom is 0.306 e. The first-order chi connectivity index (χ1) is 32.9. The van der Waals surface area contributed by atoms with Gasteiger partial charge in [-0.15, -0.1) is 0 Å². The van der Waals surface area contributed by atoms with Crippen molar-refractivity contribution in [2.45, 2.75) is 342 Å². The van der Waals surface area contributed by atoms with Crippen LogP contribution in [0.15, 0.2) is 0 Å². The lowest BCUT2D eigenvalue weighted by atomic mass is 10.0. The molecule has 0 heterocycles. The van der Waals surface area contributed by atoms with Gasteiger partial charge in [-0.3, -0.25) is 19.2 Å². The molecule has 2 atom stereocenters. The van der Waals surface area contributed by atoms with Crippen LogP contribution in [0.4, 0.5) is 0 Å². The fourth-order valence-electron chi connectivity index (χ4n) is 9.04. The summed E-state index contributed by atoms with van der Waals surface area (Å²) in [5.41, 5.74) is 0. The number of carbonyl (C=O) groups is 4. The van der Waals surface area contributed by atoms with E-state index in [9.17, 15) is 19.2 Å². The molecule has 0 radical (unpaired) electrons. The van der Waals surface area contributed by atoms with E-state index >= 15 is 0 Å². The van der Waals surface area contributed by atoms with Gasteiger partial charge in [0.05, 0.1) is 13.2 Å². The van der Waals surface area contributed by atoms with Crippen LogP contribution >= 0.6 is 0 Å². The number of ether oxygens (including phenoxy) is 4. The van der Waals surface area contributed by atoms with E-state index in [1.54, 1.807) is 0 Å². The molecule has 8 heteroatoms.